The number of hydrogen-bond donors (Lipinski definition) is 0. The van der Waals surface area contributed by atoms with Crippen LogP contribution in [0, 0.1) is 0 Å². The number of imidazole rings is 1. The van der Waals surface area contributed by atoms with E-state index in [1.807, 2.05) is 17.5 Å². The summed E-state index contributed by atoms with van der Waals surface area (Å²) in [5, 5.41) is 13.9. The number of fused-ring (bicyclic) bond motifs is 13. The molecule has 4 nitrogen and oxygen atoms in total. The van der Waals surface area contributed by atoms with E-state index in [0.717, 1.165) is 33.4 Å². The van der Waals surface area contributed by atoms with Crippen molar-refractivity contribution >= 4 is 110 Å². The van der Waals surface area contributed by atoms with E-state index in [1.54, 1.807) is 0 Å². The molecule has 56 heavy (non-hydrogen) atoms. The predicted octanol–water partition coefficient (Wildman–Crippen LogP) is 9.88. The minimum atomic E-state index is -2.97. The van der Waals surface area contributed by atoms with Crippen molar-refractivity contribution in [2.24, 2.45) is 0 Å². The molecule has 5 heterocycles. The molecular formula is C50H32N4SSi. The van der Waals surface area contributed by atoms with Gasteiger partial charge in [0.05, 0.1) is 15.7 Å². The molecule has 0 amide bonds. The fourth-order valence-electron chi connectivity index (χ4n) is 9.45. The molecule has 0 saturated carbocycles. The Morgan fingerprint density at radius 2 is 1.09 bits per heavy atom. The van der Waals surface area contributed by atoms with Crippen LogP contribution in [0.1, 0.15) is 0 Å². The SMILES string of the molecule is c1ccc([Si](c2ccccc2)(c2cccc(-n3c4ccccc4c4c5c(cnc43)sc3ccccc35)c2)c2ccc3c4ccccc4n4ccnc4c3c2)cc1. The lowest BCUT2D eigenvalue weighted by molar-refractivity contribution is 1.14. The first-order valence-electron chi connectivity index (χ1n) is 19.0. The predicted molar refractivity (Wildman–Crippen MR) is 239 cm³/mol. The van der Waals surface area contributed by atoms with Gasteiger partial charge in [-0.2, -0.15) is 0 Å². The molecule has 0 saturated heterocycles. The zero-order valence-electron chi connectivity index (χ0n) is 30.2. The number of para-hydroxylation sites is 2. The average molecular weight is 749 g/mol. The summed E-state index contributed by atoms with van der Waals surface area (Å²) in [4.78, 5) is 10.2. The van der Waals surface area contributed by atoms with E-state index in [2.05, 4.69) is 197 Å². The molecule has 0 radical (unpaired) electrons. The van der Waals surface area contributed by atoms with E-state index >= 15 is 0 Å². The number of benzene rings is 7. The topological polar surface area (TPSA) is 35.1 Å². The van der Waals surface area contributed by atoms with Crippen molar-refractivity contribution in [2.45, 2.75) is 0 Å². The van der Waals surface area contributed by atoms with Crippen molar-refractivity contribution in [1.29, 1.82) is 0 Å². The van der Waals surface area contributed by atoms with E-state index in [1.165, 1.54) is 62.5 Å². The van der Waals surface area contributed by atoms with Crippen LogP contribution in [-0.4, -0.2) is 27.0 Å². The maximum absolute atomic E-state index is 5.24. The van der Waals surface area contributed by atoms with Crippen LogP contribution < -0.4 is 20.7 Å². The summed E-state index contributed by atoms with van der Waals surface area (Å²) in [5.41, 5.74) is 5.37. The number of aromatic nitrogens is 4. The van der Waals surface area contributed by atoms with Crippen LogP contribution in [0.5, 0.6) is 0 Å². The zero-order chi connectivity index (χ0) is 36.8. The largest absolute Gasteiger partial charge is 0.299 e. The number of nitrogens with zero attached hydrogens (tertiary/aromatic N) is 4. The molecule has 0 unspecified atom stereocenters. The molecule has 0 aliphatic rings. The van der Waals surface area contributed by atoms with E-state index in [-0.39, 0.29) is 0 Å². The second-order valence-corrected chi connectivity index (χ2v) is 19.5. The lowest BCUT2D eigenvalue weighted by atomic mass is 10.1. The monoisotopic (exact) mass is 748 g/mol. The summed E-state index contributed by atoms with van der Waals surface area (Å²) in [6.45, 7) is 0. The van der Waals surface area contributed by atoms with Gasteiger partial charge in [-0.05, 0) is 56.5 Å². The highest BCUT2D eigenvalue weighted by Crippen LogP contribution is 2.42. The summed E-state index contributed by atoms with van der Waals surface area (Å²) in [6, 6.07) is 65.1. The Kier molecular flexibility index (Phi) is 6.79. The summed E-state index contributed by atoms with van der Waals surface area (Å²) >= 11 is 1.82. The third kappa shape index (κ3) is 4.33. The number of pyridine rings is 2. The van der Waals surface area contributed by atoms with Crippen molar-refractivity contribution in [3.05, 3.63) is 195 Å². The van der Waals surface area contributed by atoms with E-state index in [4.69, 9.17) is 9.97 Å². The van der Waals surface area contributed by atoms with Crippen LogP contribution in [0.15, 0.2) is 195 Å². The van der Waals surface area contributed by atoms with Crippen LogP contribution in [0.2, 0.25) is 0 Å². The van der Waals surface area contributed by atoms with Gasteiger partial charge in [0.1, 0.15) is 11.3 Å². The smallest absolute Gasteiger partial charge is 0.179 e. The molecule has 0 spiro atoms. The lowest BCUT2D eigenvalue weighted by Crippen LogP contribution is -2.74. The molecule has 0 N–H and O–H groups in total. The quantitative estimate of drug-likeness (QED) is 0.0999. The number of thiophene rings is 1. The maximum atomic E-state index is 5.24. The first kappa shape index (κ1) is 31.5. The average Bonchev–Trinajstić information content (AvgIpc) is 4.00. The van der Waals surface area contributed by atoms with Gasteiger partial charge in [0.15, 0.2) is 8.07 Å². The van der Waals surface area contributed by atoms with Gasteiger partial charge in [-0.1, -0.05) is 146 Å². The number of rotatable bonds is 5. The Labute approximate surface area is 327 Å². The standard InChI is InChI=1S/C50H32N4SSi/c1-3-15-34(16-4-1)56(35-17-5-2-6-18-35,37-26-27-38-39-20-7-10-23-43(39)53-29-28-51-49(53)42(38)31-37)36-19-13-14-33(30-36)54-44-24-11-8-21-40(44)48-47-41-22-9-12-25-45(41)55-46(47)32-52-50(48)54/h1-32H. The third-order valence-corrected chi connectivity index (χ3v) is 17.6. The molecule has 0 bridgehead atoms. The van der Waals surface area contributed by atoms with E-state index in [0.29, 0.717) is 0 Å². The highest BCUT2D eigenvalue weighted by molar-refractivity contribution is 7.26. The van der Waals surface area contributed by atoms with E-state index < -0.39 is 8.07 Å². The van der Waals surface area contributed by atoms with Crippen molar-refractivity contribution in [3.8, 4) is 5.69 Å². The van der Waals surface area contributed by atoms with Gasteiger partial charge >= 0.3 is 0 Å². The molecule has 0 aliphatic carbocycles. The summed E-state index contributed by atoms with van der Waals surface area (Å²) in [6.07, 6.45) is 6.07. The molecule has 0 atom stereocenters. The van der Waals surface area contributed by atoms with Gasteiger partial charge in [-0.15, -0.1) is 11.3 Å². The maximum Gasteiger partial charge on any atom is 0.179 e. The molecule has 12 aromatic rings. The van der Waals surface area contributed by atoms with E-state index in [9.17, 15) is 0 Å². The van der Waals surface area contributed by atoms with Crippen LogP contribution in [0.3, 0.4) is 0 Å². The van der Waals surface area contributed by atoms with Crippen molar-refractivity contribution < 1.29 is 0 Å². The zero-order valence-corrected chi connectivity index (χ0v) is 32.0. The van der Waals surface area contributed by atoms with Crippen LogP contribution in [-0.2, 0) is 0 Å². The molecule has 0 fully saturated rings. The Bertz CT molecular complexity index is 3450. The molecule has 12 rings (SSSR count). The highest BCUT2D eigenvalue weighted by atomic mass is 32.1. The molecule has 5 aromatic heterocycles. The Morgan fingerprint density at radius 3 is 1.89 bits per heavy atom. The number of hydrogen-bond acceptors (Lipinski definition) is 3. The van der Waals surface area contributed by atoms with Gasteiger partial charge in [-0.25, -0.2) is 9.97 Å². The molecule has 262 valence electrons. The highest BCUT2D eigenvalue weighted by Gasteiger charge is 2.42. The Balaban J connectivity index is 1.19. The Morgan fingerprint density at radius 1 is 0.429 bits per heavy atom. The van der Waals surface area contributed by atoms with Crippen LogP contribution in [0.25, 0.3) is 75.1 Å². The van der Waals surface area contributed by atoms with Crippen LogP contribution >= 0.6 is 11.3 Å². The molecular weight excluding hydrogens is 717 g/mol. The minimum Gasteiger partial charge on any atom is -0.299 e. The summed E-state index contributed by atoms with van der Waals surface area (Å²) < 4.78 is 7.12. The van der Waals surface area contributed by atoms with Gasteiger partial charge in [-0.3, -0.25) is 8.97 Å². The van der Waals surface area contributed by atoms with Gasteiger partial charge in [0.2, 0.25) is 0 Å². The van der Waals surface area contributed by atoms with Gasteiger partial charge in [0, 0.05) is 61.3 Å². The Hall–Kier alpha value is -6.86. The van der Waals surface area contributed by atoms with Gasteiger partial charge < -0.3 is 0 Å². The molecule has 6 heteroatoms. The fourth-order valence-corrected chi connectivity index (χ4v) is 15.3. The first-order valence-corrected chi connectivity index (χ1v) is 21.8. The van der Waals surface area contributed by atoms with Crippen molar-refractivity contribution in [3.63, 3.8) is 0 Å². The second kappa shape index (κ2) is 12.1. The van der Waals surface area contributed by atoms with Crippen molar-refractivity contribution in [1.82, 2.24) is 18.9 Å². The summed E-state index contributed by atoms with van der Waals surface area (Å²) in [5.74, 6) is 0. The fraction of sp³-hybridized carbons (Fsp3) is 0. The molecule has 7 aromatic carbocycles. The lowest BCUT2D eigenvalue weighted by Gasteiger charge is -2.35. The van der Waals surface area contributed by atoms with Crippen molar-refractivity contribution in [2.75, 3.05) is 0 Å². The van der Waals surface area contributed by atoms with Gasteiger partial charge in [0.25, 0.3) is 0 Å². The minimum absolute atomic E-state index is 0.974. The first-order chi connectivity index (χ1) is 27.8. The normalized spacial score (nSPS) is 12.3. The second-order valence-electron chi connectivity index (χ2n) is 14.6. The van der Waals surface area contributed by atoms with Crippen LogP contribution in [0.4, 0.5) is 0 Å². The third-order valence-electron chi connectivity index (χ3n) is 11.8. The summed E-state index contributed by atoms with van der Waals surface area (Å²) in [7, 11) is -2.97. The molecule has 0 aliphatic heterocycles.